The zero-order valence-electron chi connectivity index (χ0n) is 9.13. The zero-order valence-corrected chi connectivity index (χ0v) is 9.13. The van der Waals surface area contributed by atoms with Gasteiger partial charge in [0.05, 0.1) is 6.10 Å². The Bertz CT molecular complexity index is 189. The van der Waals surface area contributed by atoms with Crippen molar-refractivity contribution in [2.75, 3.05) is 0 Å². The van der Waals surface area contributed by atoms with E-state index in [0.29, 0.717) is 0 Å². The molecule has 3 nitrogen and oxygen atoms in total. The molecule has 1 aliphatic heterocycles. The quantitative estimate of drug-likeness (QED) is 0.562. The van der Waals surface area contributed by atoms with E-state index in [1.54, 1.807) is 0 Å². The molecule has 0 aromatic carbocycles. The van der Waals surface area contributed by atoms with Crippen LogP contribution in [0.3, 0.4) is 0 Å². The molecule has 1 rings (SSSR count). The third kappa shape index (κ3) is 2.66. The molecule has 4 N–H and O–H groups in total. The lowest BCUT2D eigenvalue weighted by molar-refractivity contribution is -0.102. The number of hydrogen-bond donors (Lipinski definition) is 2. The van der Waals surface area contributed by atoms with E-state index in [9.17, 15) is 0 Å². The van der Waals surface area contributed by atoms with Crippen molar-refractivity contribution in [3.63, 3.8) is 0 Å². The molecule has 0 amide bonds. The molecule has 1 saturated heterocycles. The molecule has 0 spiro atoms. The number of nitrogens with two attached hydrogens (primary N) is 2. The molecule has 1 aliphatic rings. The van der Waals surface area contributed by atoms with Crippen LogP contribution in [-0.4, -0.2) is 12.0 Å². The van der Waals surface area contributed by atoms with Crippen LogP contribution < -0.4 is 11.5 Å². The van der Waals surface area contributed by atoms with Gasteiger partial charge >= 0.3 is 0 Å². The first-order valence-electron chi connectivity index (χ1n) is 4.98. The fraction of sp³-hybridized carbons (Fsp3) is 1.00. The minimum absolute atomic E-state index is 0.148. The van der Waals surface area contributed by atoms with Crippen molar-refractivity contribution in [1.29, 1.82) is 0 Å². The number of hydrogen-bond acceptors (Lipinski definition) is 3. The largest absolute Gasteiger partial charge is 0.344 e. The molecule has 0 saturated carbocycles. The highest BCUT2D eigenvalue weighted by Crippen LogP contribution is 2.37. The summed E-state index contributed by atoms with van der Waals surface area (Å²) in [4.78, 5) is 0. The first-order chi connectivity index (χ1) is 5.73. The van der Waals surface area contributed by atoms with E-state index in [-0.39, 0.29) is 17.4 Å². The lowest BCUT2D eigenvalue weighted by Gasteiger charge is -2.31. The molecule has 3 heteroatoms. The highest BCUT2D eigenvalue weighted by atomic mass is 16.5. The second kappa shape index (κ2) is 3.23. The predicted molar refractivity (Wildman–Crippen MR) is 53.8 cm³/mol. The maximum atomic E-state index is 5.89. The summed E-state index contributed by atoms with van der Waals surface area (Å²) >= 11 is 0. The summed E-state index contributed by atoms with van der Waals surface area (Å²) in [5.41, 5.74) is 12.1. The fourth-order valence-electron chi connectivity index (χ4n) is 2.36. The summed E-state index contributed by atoms with van der Waals surface area (Å²) in [6, 6.07) is 0. The van der Waals surface area contributed by atoms with Gasteiger partial charge in [-0.25, -0.2) is 0 Å². The highest BCUT2D eigenvalue weighted by Gasteiger charge is 2.39. The van der Waals surface area contributed by atoms with Crippen LogP contribution in [0.5, 0.6) is 0 Å². The van der Waals surface area contributed by atoms with Gasteiger partial charge in [0.1, 0.15) is 0 Å². The van der Waals surface area contributed by atoms with E-state index in [1.807, 2.05) is 6.92 Å². The molecular weight excluding hydrogens is 164 g/mol. The standard InChI is InChI=1S/C10H22N2O/c1-7-5-9(3,4)6-8(2)13-10(7,11)12/h7-8H,5-6,11-12H2,1-4H3. The summed E-state index contributed by atoms with van der Waals surface area (Å²) < 4.78 is 5.60. The second-order valence-corrected chi connectivity index (χ2v) is 5.26. The molecule has 1 heterocycles. The Hall–Kier alpha value is -0.120. The van der Waals surface area contributed by atoms with Crippen molar-refractivity contribution < 1.29 is 4.74 Å². The van der Waals surface area contributed by atoms with Gasteiger partial charge in [0.25, 0.3) is 0 Å². The van der Waals surface area contributed by atoms with E-state index >= 15 is 0 Å². The molecule has 0 radical (unpaired) electrons. The Morgan fingerprint density at radius 1 is 1.15 bits per heavy atom. The Morgan fingerprint density at radius 3 is 2.23 bits per heavy atom. The molecular formula is C10H22N2O. The normalized spacial score (nSPS) is 38.3. The average Bonchev–Trinajstić information content (AvgIpc) is 1.85. The molecule has 0 aromatic heterocycles. The SMILES string of the molecule is CC1CC(C)(C)CC(C)C(N)(N)O1. The predicted octanol–water partition coefficient (Wildman–Crippen LogP) is 1.42. The van der Waals surface area contributed by atoms with Gasteiger partial charge in [-0.05, 0) is 25.2 Å². The summed E-state index contributed by atoms with van der Waals surface area (Å²) in [6.45, 7) is 8.57. The molecule has 13 heavy (non-hydrogen) atoms. The summed E-state index contributed by atoms with van der Waals surface area (Å²) in [5.74, 6) is -0.750. The van der Waals surface area contributed by atoms with Crippen molar-refractivity contribution in [3.8, 4) is 0 Å². The van der Waals surface area contributed by atoms with Crippen molar-refractivity contribution in [3.05, 3.63) is 0 Å². The summed E-state index contributed by atoms with van der Waals surface area (Å²) in [7, 11) is 0. The zero-order chi connectivity index (χ0) is 10.3. The van der Waals surface area contributed by atoms with Gasteiger partial charge in [0.2, 0.25) is 0 Å². The first-order valence-corrected chi connectivity index (χ1v) is 4.98. The molecule has 2 atom stereocenters. The van der Waals surface area contributed by atoms with E-state index in [2.05, 4.69) is 20.8 Å². The maximum absolute atomic E-state index is 5.89. The van der Waals surface area contributed by atoms with Crippen LogP contribution in [0.1, 0.15) is 40.5 Å². The van der Waals surface area contributed by atoms with E-state index in [1.165, 1.54) is 0 Å². The topological polar surface area (TPSA) is 61.3 Å². The van der Waals surface area contributed by atoms with Crippen LogP contribution in [-0.2, 0) is 4.74 Å². The van der Waals surface area contributed by atoms with E-state index < -0.39 is 5.85 Å². The monoisotopic (exact) mass is 186 g/mol. The van der Waals surface area contributed by atoms with Gasteiger partial charge in [-0.2, -0.15) is 0 Å². The Morgan fingerprint density at radius 2 is 1.69 bits per heavy atom. The van der Waals surface area contributed by atoms with Crippen molar-refractivity contribution in [2.45, 2.75) is 52.5 Å². The average molecular weight is 186 g/mol. The van der Waals surface area contributed by atoms with E-state index in [4.69, 9.17) is 16.2 Å². The maximum Gasteiger partial charge on any atom is 0.172 e. The Labute approximate surface area is 80.8 Å². The van der Waals surface area contributed by atoms with Gasteiger partial charge in [-0.15, -0.1) is 0 Å². The third-order valence-corrected chi connectivity index (χ3v) is 2.87. The summed E-state index contributed by atoms with van der Waals surface area (Å²) in [5, 5.41) is 0. The van der Waals surface area contributed by atoms with Crippen LogP contribution in [0.25, 0.3) is 0 Å². The van der Waals surface area contributed by atoms with Gasteiger partial charge in [0.15, 0.2) is 5.85 Å². The smallest absolute Gasteiger partial charge is 0.172 e. The fourth-order valence-corrected chi connectivity index (χ4v) is 2.36. The second-order valence-electron chi connectivity index (χ2n) is 5.26. The van der Waals surface area contributed by atoms with Crippen LogP contribution in [0.2, 0.25) is 0 Å². The van der Waals surface area contributed by atoms with Crippen molar-refractivity contribution in [2.24, 2.45) is 22.8 Å². The van der Waals surface area contributed by atoms with E-state index in [0.717, 1.165) is 12.8 Å². The first kappa shape index (κ1) is 11.0. The lowest BCUT2D eigenvalue weighted by atomic mass is 9.79. The molecule has 78 valence electrons. The molecule has 0 aliphatic carbocycles. The summed E-state index contributed by atoms with van der Waals surface area (Å²) in [6.07, 6.45) is 2.19. The van der Waals surface area contributed by atoms with Crippen molar-refractivity contribution >= 4 is 0 Å². The highest BCUT2D eigenvalue weighted by molar-refractivity contribution is 4.86. The van der Waals surface area contributed by atoms with Gasteiger partial charge in [0, 0.05) is 5.92 Å². The minimum atomic E-state index is -0.951. The Balaban J connectivity index is 2.80. The van der Waals surface area contributed by atoms with Crippen molar-refractivity contribution in [1.82, 2.24) is 0 Å². The molecule has 0 aromatic rings. The van der Waals surface area contributed by atoms with Crippen LogP contribution in [0.15, 0.2) is 0 Å². The van der Waals surface area contributed by atoms with Gasteiger partial charge in [-0.3, -0.25) is 11.5 Å². The van der Waals surface area contributed by atoms with Crippen LogP contribution in [0, 0.1) is 11.3 Å². The third-order valence-electron chi connectivity index (χ3n) is 2.87. The van der Waals surface area contributed by atoms with Gasteiger partial charge < -0.3 is 4.74 Å². The minimum Gasteiger partial charge on any atom is -0.344 e. The van der Waals surface area contributed by atoms with Gasteiger partial charge in [-0.1, -0.05) is 20.8 Å². The number of rotatable bonds is 0. The van der Waals surface area contributed by atoms with Crippen LogP contribution in [0.4, 0.5) is 0 Å². The molecule has 2 unspecified atom stereocenters. The Kier molecular flexibility index (Phi) is 2.72. The number of ether oxygens (including phenoxy) is 1. The lowest BCUT2D eigenvalue weighted by Crippen LogP contribution is -2.57. The molecule has 1 fully saturated rings. The molecule has 0 bridgehead atoms. The van der Waals surface area contributed by atoms with Crippen LogP contribution >= 0.6 is 0 Å².